The lowest BCUT2D eigenvalue weighted by atomic mass is 10.2. The minimum atomic E-state index is 0.577. The van der Waals surface area contributed by atoms with Crippen molar-refractivity contribution in [2.45, 2.75) is 26.7 Å². The summed E-state index contributed by atoms with van der Waals surface area (Å²) in [6.45, 7) is 8.77. The van der Waals surface area contributed by atoms with E-state index < -0.39 is 0 Å². The van der Waals surface area contributed by atoms with E-state index in [1.165, 1.54) is 0 Å². The summed E-state index contributed by atoms with van der Waals surface area (Å²) in [5, 5.41) is 0. The highest BCUT2D eigenvalue weighted by molar-refractivity contribution is 5.05. The van der Waals surface area contributed by atoms with Crippen molar-refractivity contribution in [3.63, 3.8) is 0 Å². The summed E-state index contributed by atoms with van der Waals surface area (Å²) >= 11 is 0. The number of nitrogens with two attached hydrogens (primary N) is 2. The maximum atomic E-state index is 5.39. The van der Waals surface area contributed by atoms with Gasteiger partial charge in [0.1, 0.15) is 0 Å². The predicted molar refractivity (Wildman–Crippen MR) is 57.0 cm³/mol. The summed E-state index contributed by atoms with van der Waals surface area (Å²) in [5.74, 6) is 0. The van der Waals surface area contributed by atoms with Crippen molar-refractivity contribution >= 4 is 0 Å². The summed E-state index contributed by atoms with van der Waals surface area (Å²) in [7, 11) is 0. The van der Waals surface area contributed by atoms with Gasteiger partial charge in [-0.15, -0.1) is 6.58 Å². The van der Waals surface area contributed by atoms with Gasteiger partial charge in [0.05, 0.1) is 0 Å². The zero-order valence-corrected chi connectivity index (χ0v) is 8.34. The molecule has 0 radical (unpaired) electrons. The van der Waals surface area contributed by atoms with Crippen LogP contribution >= 0.6 is 0 Å². The molecule has 0 aliphatic heterocycles. The molecule has 0 aliphatic rings. The summed E-state index contributed by atoms with van der Waals surface area (Å²) in [5.41, 5.74) is 11.9. The van der Waals surface area contributed by atoms with Crippen molar-refractivity contribution in [3.8, 4) is 0 Å². The van der Waals surface area contributed by atoms with Gasteiger partial charge in [-0.05, 0) is 18.4 Å². The quantitative estimate of drug-likeness (QED) is 0.488. The van der Waals surface area contributed by atoms with Crippen molar-refractivity contribution in [3.05, 3.63) is 24.3 Å². The Morgan fingerprint density at radius 2 is 1.67 bits per heavy atom. The lowest BCUT2D eigenvalue weighted by molar-refractivity contribution is 0.976. The van der Waals surface area contributed by atoms with Gasteiger partial charge in [0.15, 0.2) is 0 Å². The zero-order chi connectivity index (χ0) is 9.82. The van der Waals surface area contributed by atoms with Gasteiger partial charge < -0.3 is 11.5 Å². The molecule has 0 fully saturated rings. The lowest BCUT2D eigenvalue weighted by Crippen LogP contribution is -2.12. The van der Waals surface area contributed by atoms with Gasteiger partial charge in [-0.1, -0.05) is 26.0 Å². The zero-order valence-electron chi connectivity index (χ0n) is 8.34. The molecule has 0 amide bonds. The Morgan fingerprint density at radius 1 is 1.17 bits per heavy atom. The van der Waals surface area contributed by atoms with E-state index in [2.05, 4.69) is 12.7 Å². The normalized spacial score (nSPS) is 8.00. The van der Waals surface area contributed by atoms with E-state index in [0.717, 1.165) is 18.4 Å². The van der Waals surface area contributed by atoms with Crippen LogP contribution in [0.4, 0.5) is 0 Å². The summed E-state index contributed by atoms with van der Waals surface area (Å²) in [6, 6.07) is 0. The molecule has 0 aliphatic carbocycles. The minimum absolute atomic E-state index is 0.577. The molecular weight excluding hydrogens is 148 g/mol. The van der Waals surface area contributed by atoms with Crippen LogP contribution in [-0.4, -0.2) is 13.1 Å². The fourth-order valence-corrected chi connectivity index (χ4v) is 0.655. The molecule has 0 saturated carbocycles. The molecule has 0 atom stereocenters. The van der Waals surface area contributed by atoms with E-state index in [0.29, 0.717) is 13.1 Å². The number of hydrogen-bond donors (Lipinski definition) is 2. The Hall–Kier alpha value is -0.600. The third-order valence-electron chi connectivity index (χ3n) is 1.33. The average molecular weight is 170 g/mol. The predicted octanol–water partition coefficient (Wildman–Crippen LogP) is 1.82. The molecule has 12 heavy (non-hydrogen) atoms. The standard InChI is InChI=1S/C8H16N2.C2H6/c1-2-3-4-5-8(6-9)7-10;1-2/h2,5H,1,3-4,6-7,9-10H2;1-2H3. The second kappa shape index (κ2) is 13.0. The molecule has 2 nitrogen and oxygen atoms in total. The highest BCUT2D eigenvalue weighted by atomic mass is 14.6. The molecular formula is C10H22N2. The van der Waals surface area contributed by atoms with Gasteiger partial charge in [-0.25, -0.2) is 0 Å². The van der Waals surface area contributed by atoms with Gasteiger partial charge in [0.25, 0.3) is 0 Å². The number of unbranched alkanes of at least 4 members (excludes halogenated alkanes) is 1. The molecule has 0 aromatic rings. The summed E-state index contributed by atoms with van der Waals surface area (Å²) in [4.78, 5) is 0. The molecule has 0 unspecified atom stereocenters. The molecule has 2 heteroatoms. The van der Waals surface area contributed by atoms with Crippen LogP contribution in [0.1, 0.15) is 26.7 Å². The molecule has 0 saturated heterocycles. The monoisotopic (exact) mass is 170 g/mol. The first kappa shape index (κ1) is 14.0. The van der Waals surface area contributed by atoms with Crippen molar-refractivity contribution in [1.82, 2.24) is 0 Å². The van der Waals surface area contributed by atoms with Crippen LogP contribution in [-0.2, 0) is 0 Å². The number of hydrogen-bond acceptors (Lipinski definition) is 2. The van der Waals surface area contributed by atoms with Crippen LogP contribution in [0, 0.1) is 0 Å². The van der Waals surface area contributed by atoms with Crippen LogP contribution < -0.4 is 11.5 Å². The molecule has 0 spiro atoms. The van der Waals surface area contributed by atoms with E-state index in [-0.39, 0.29) is 0 Å². The fourth-order valence-electron chi connectivity index (χ4n) is 0.655. The van der Waals surface area contributed by atoms with E-state index in [9.17, 15) is 0 Å². The first-order valence-corrected chi connectivity index (χ1v) is 4.54. The van der Waals surface area contributed by atoms with Gasteiger partial charge in [-0.2, -0.15) is 0 Å². The second-order valence-electron chi connectivity index (χ2n) is 2.14. The van der Waals surface area contributed by atoms with Crippen molar-refractivity contribution < 1.29 is 0 Å². The first-order chi connectivity index (χ1) is 5.85. The molecule has 0 aromatic heterocycles. The van der Waals surface area contributed by atoms with E-state index in [1.807, 2.05) is 19.9 Å². The molecule has 0 heterocycles. The Balaban J connectivity index is 0. The van der Waals surface area contributed by atoms with Crippen LogP contribution in [0.2, 0.25) is 0 Å². The number of rotatable bonds is 5. The molecule has 0 rings (SSSR count). The van der Waals surface area contributed by atoms with Gasteiger partial charge in [-0.3, -0.25) is 0 Å². The highest BCUT2D eigenvalue weighted by Gasteiger charge is 1.87. The van der Waals surface area contributed by atoms with Crippen molar-refractivity contribution in [1.29, 1.82) is 0 Å². The first-order valence-electron chi connectivity index (χ1n) is 4.54. The average Bonchev–Trinajstić information content (AvgIpc) is 2.16. The summed E-state index contributed by atoms with van der Waals surface area (Å²) in [6.07, 6.45) is 5.99. The third kappa shape index (κ3) is 9.40. The third-order valence-corrected chi connectivity index (χ3v) is 1.33. The fraction of sp³-hybridized carbons (Fsp3) is 0.600. The molecule has 4 N–H and O–H groups in total. The Labute approximate surface area is 76.3 Å². The van der Waals surface area contributed by atoms with Gasteiger partial charge >= 0.3 is 0 Å². The summed E-state index contributed by atoms with van der Waals surface area (Å²) < 4.78 is 0. The number of allylic oxidation sites excluding steroid dienone is 2. The van der Waals surface area contributed by atoms with Crippen molar-refractivity contribution in [2.24, 2.45) is 11.5 Å². The molecule has 0 aromatic carbocycles. The second-order valence-corrected chi connectivity index (χ2v) is 2.14. The molecule has 0 bridgehead atoms. The van der Waals surface area contributed by atoms with Crippen LogP contribution in [0.15, 0.2) is 24.3 Å². The van der Waals surface area contributed by atoms with Crippen molar-refractivity contribution in [2.75, 3.05) is 13.1 Å². The smallest absolute Gasteiger partial charge is 0.0149 e. The topological polar surface area (TPSA) is 52.0 Å². The molecule has 72 valence electrons. The van der Waals surface area contributed by atoms with E-state index in [1.54, 1.807) is 0 Å². The van der Waals surface area contributed by atoms with Crippen LogP contribution in [0.3, 0.4) is 0 Å². The minimum Gasteiger partial charge on any atom is -0.327 e. The SMILES string of the molecule is C=CCCC=C(CN)CN.CC. The maximum absolute atomic E-state index is 5.39. The van der Waals surface area contributed by atoms with E-state index >= 15 is 0 Å². The highest BCUT2D eigenvalue weighted by Crippen LogP contribution is 1.95. The van der Waals surface area contributed by atoms with Crippen LogP contribution in [0.25, 0.3) is 0 Å². The Morgan fingerprint density at radius 3 is 2.00 bits per heavy atom. The van der Waals surface area contributed by atoms with Gasteiger partial charge in [0, 0.05) is 13.1 Å². The van der Waals surface area contributed by atoms with Crippen LogP contribution in [0.5, 0.6) is 0 Å². The maximum Gasteiger partial charge on any atom is 0.0149 e. The van der Waals surface area contributed by atoms with E-state index in [4.69, 9.17) is 11.5 Å². The largest absolute Gasteiger partial charge is 0.327 e. The Bertz CT molecular complexity index is 111. The lowest BCUT2D eigenvalue weighted by Gasteiger charge is -1.97. The Kier molecular flexibility index (Phi) is 15.1. The van der Waals surface area contributed by atoms with Gasteiger partial charge in [0.2, 0.25) is 0 Å².